The molecule has 1 aromatic rings. The monoisotopic (exact) mass is 530 g/mol. The molecule has 5 nitrogen and oxygen atoms in total. The van der Waals surface area contributed by atoms with Crippen molar-refractivity contribution in [3.8, 4) is 0 Å². The minimum atomic E-state index is -4.96. The first kappa shape index (κ1) is 27.1. The minimum Gasteiger partial charge on any atom is -0.468 e. The Morgan fingerprint density at radius 1 is 1.08 bits per heavy atom. The molecular formula is C26H28F6N2O3. The van der Waals surface area contributed by atoms with Crippen molar-refractivity contribution in [2.45, 2.75) is 50.9 Å². The van der Waals surface area contributed by atoms with Crippen LogP contribution in [0.3, 0.4) is 0 Å². The number of amides is 2. The molecule has 0 saturated carbocycles. The molecule has 202 valence electrons. The van der Waals surface area contributed by atoms with Crippen molar-refractivity contribution in [3.05, 3.63) is 70.5 Å². The molecule has 37 heavy (non-hydrogen) atoms. The number of hydrogen-bond donors (Lipinski definition) is 0. The van der Waals surface area contributed by atoms with Crippen LogP contribution in [0.5, 0.6) is 0 Å². The summed E-state index contributed by atoms with van der Waals surface area (Å²) in [7, 11) is 1.71. The van der Waals surface area contributed by atoms with E-state index in [0.717, 1.165) is 30.4 Å². The van der Waals surface area contributed by atoms with Gasteiger partial charge in [-0.05, 0) is 61.6 Å². The van der Waals surface area contributed by atoms with Gasteiger partial charge < -0.3 is 19.3 Å². The smallest absolute Gasteiger partial charge is 0.416 e. The number of carbonyl (C=O) groups is 1. The fourth-order valence-corrected chi connectivity index (χ4v) is 4.78. The number of nitrogens with zero attached hydrogens (tertiary/aromatic N) is 2. The number of ether oxygens (including phenoxy) is 2. The van der Waals surface area contributed by atoms with Crippen LogP contribution in [0.25, 0.3) is 0 Å². The summed E-state index contributed by atoms with van der Waals surface area (Å²) in [6.07, 6.45) is -2.38. The molecule has 2 amide bonds. The van der Waals surface area contributed by atoms with Gasteiger partial charge in [0, 0.05) is 38.2 Å². The molecule has 1 aliphatic carbocycles. The van der Waals surface area contributed by atoms with Crippen LogP contribution in [0.1, 0.15) is 49.0 Å². The highest BCUT2D eigenvalue weighted by Gasteiger charge is 2.38. The summed E-state index contributed by atoms with van der Waals surface area (Å²) in [5, 5.41) is 0. The Hall–Kier alpha value is -2.95. The van der Waals surface area contributed by atoms with Crippen molar-refractivity contribution in [1.29, 1.82) is 0 Å². The average molecular weight is 531 g/mol. The number of hydrogen-bond acceptors (Lipinski definition) is 3. The third-order valence-corrected chi connectivity index (χ3v) is 6.82. The normalized spacial score (nSPS) is 23.6. The predicted octanol–water partition coefficient (Wildman–Crippen LogP) is 6.69. The number of carbonyl (C=O) groups excluding carboxylic acids is 1. The summed E-state index contributed by atoms with van der Waals surface area (Å²) in [6, 6.07) is 1.31. The molecule has 2 aliphatic heterocycles. The van der Waals surface area contributed by atoms with Crippen molar-refractivity contribution in [2.24, 2.45) is 5.92 Å². The van der Waals surface area contributed by atoms with Crippen LogP contribution in [-0.4, -0.2) is 48.8 Å². The lowest BCUT2D eigenvalue weighted by Crippen LogP contribution is -2.34. The van der Waals surface area contributed by atoms with E-state index in [9.17, 15) is 31.1 Å². The summed E-state index contributed by atoms with van der Waals surface area (Å²) in [6.45, 7) is 2.80. The number of likely N-dealkylation sites (N-methyl/N-ethyl adjacent to an activating group) is 1. The van der Waals surface area contributed by atoms with E-state index in [4.69, 9.17) is 9.47 Å². The maximum Gasteiger partial charge on any atom is 0.416 e. The number of urea groups is 1. The highest BCUT2D eigenvalue weighted by Crippen LogP contribution is 2.40. The zero-order valence-electron chi connectivity index (χ0n) is 20.4. The van der Waals surface area contributed by atoms with Crippen molar-refractivity contribution in [3.63, 3.8) is 0 Å². The number of halogens is 6. The van der Waals surface area contributed by atoms with E-state index in [1.165, 1.54) is 13.2 Å². The quantitative estimate of drug-likeness (QED) is 0.304. The molecule has 1 aromatic carbocycles. The van der Waals surface area contributed by atoms with Crippen LogP contribution >= 0.6 is 0 Å². The lowest BCUT2D eigenvalue weighted by Gasteiger charge is -2.34. The van der Waals surface area contributed by atoms with E-state index >= 15 is 0 Å². The molecule has 3 aliphatic rings. The van der Waals surface area contributed by atoms with Gasteiger partial charge >= 0.3 is 18.4 Å². The summed E-state index contributed by atoms with van der Waals surface area (Å²) in [4.78, 5) is 15.8. The Kier molecular flexibility index (Phi) is 7.64. The first-order chi connectivity index (χ1) is 17.3. The van der Waals surface area contributed by atoms with Crippen molar-refractivity contribution >= 4 is 6.03 Å². The summed E-state index contributed by atoms with van der Waals surface area (Å²) in [5.74, 6) is -0.103. The number of allylic oxidation sites excluding steroid dienone is 2. The van der Waals surface area contributed by atoms with E-state index in [1.807, 2.05) is 12.2 Å². The van der Waals surface area contributed by atoms with Gasteiger partial charge in [0.05, 0.1) is 23.5 Å². The number of benzene rings is 1. The highest BCUT2D eigenvalue weighted by molar-refractivity contribution is 5.76. The Morgan fingerprint density at radius 3 is 2.30 bits per heavy atom. The van der Waals surface area contributed by atoms with Crippen LogP contribution in [0.15, 0.2) is 53.8 Å². The Balaban J connectivity index is 1.66. The van der Waals surface area contributed by atoms with Crippen molar-refractivity contribution in [1.82, 2.24) is 9.80 Å². The lowest BCUT2D eigenvalue weighted by atomic mass is 9.85. The zero-order chi connectivity index (χ0) is 27.0. The van der Waals surface area contributed by atoms with Gasteiger partial charge in [0.25, 0.3) is 0 Å². The largest absolute Gasteiger partial charge is 0.468 e. The van der Waals surface area contributed by atoms with Crippen LogP contribution in [0.2, 0.25) is 0 Å². The summed E-state index contributed by atoms with van der Waals surface area (Å²) >= 11 is 0. The van der Waals surface area contributed by atoms with Gasteiger partial charge in [-0.15, -0.1) is 0 Å². The van der Waals surface area contributed by atoms with Crippen LogP contribution < -0.4 is 0 Å². The first-order valence-electron chi connectivity index (χ1n) is 12.0. The molecule has 1 saturated heterocycles. The Bertz CT molecular complexity index is 1080. The molecule has 3 atom stereocenters. The molecule has 4 rings (SSSR count). The van der Waals surface area contributed by atoms with Gasteiger partial charge in [0.15, 0.2) is 0 Å². The Morgan fingerprint density at radius 2 is 1.76 bits per heavy atom. The molecule has 0 aromatic heterocycles. The topological polar surface area (TPSA) is 42.0 Å². The predicted molar refractivity (Wildman–Crippen MR) is 123 cm³/mol. The minimum absolute atomic E-state index is 0.0937. The second kappa shape index (κ2) is 10.4. The second-order valence-electron chi connectivity index (χ2n) is 9.46. The lowest BCUT2D eigenvalue weighted by molar-refractivity contribution is -0.143. The van der Waals surface area contributed by atoms with Gasteiger partial charge in [-0.1, -0.05) is 12.2 Å². The molecule has 0 spiro atoms. The SMILES string of the molecule is C[C@@H](O[C@H]1OC=CC(CN2CCN(C)C2=O)=C1C1C=CCCC1)c1cc(C(F)(F)F)cc(C(F)(F)F)c1. The molecule has 0 N–H and O–H groups in total. The fraction of sp³-hybridized carbons (Fsp3) is 0.500. The molecular weight excluding hydrogens is 502 g/mol. The molecule has 1 fully saturated rings. The highest BCUT2D eigenvalue weighted by atomic mass is 19.4. The maximum atomic E-state index is 13.4. The van der Waals surface area contributed by atoms with E-state index in [-0.39, 0.29) is 23.6 Å². The Labute approximate surface area is 211 Å². The number of alkyl halides is 6. The molecule has 1 unspecified atom stereocenters. The third kappa shape index (κ3) is 6.14. The average Bonchev–Trinajstić information content (AvgIpc) is 3.15. The standard InChI is InChI=1S/C26H28F6N2O3/c1-16(19-12-20(25(27,28)29)14-21(13-19)26(30,31)32)37-23-22(17-6-4-3-5-7-17)18(8-11-36-23)15-34-10-9-33(2)24(34)35/h4,6,8,11-14,16-17,23H,3,5,7,9-10,15H2,1-2H3/t16-,17?,23-/m1/s1. The van der Waals surface area contributed by atoms with E-state index in [1.54, 1.807) is 22.9 Å². The van der Waals surface area contributed by atoms with E-state index < -0.39 is 35.9 Å². The maximum absolute atomic E-state index is 13.4. The molecule has 0 bridgehead atoms. The van der Waals surface area contributed by atoms with Gasteiger partial charge in [0.1, 0.15) is 0 Å². The summed E-state index contributed by atoms with van der Waals surface area (Å²) < 4.78 is 92.0. The van der Waals surface area contributed by atoms with Crippen LogP contribution in [0.4, 0.5) is 31.1 Å². The van der Waals surface area contributed by atoms with Gasteiger partial charge in [-0.2, -0.15) is 26.3 Å². The van der Waals surface area contributed by atoms with Crippen LogP contribution in [-0.2, 0) is 21.8 Å². The van der Waals surface area contributed by atoms with Gasteiger partial charge in [-0.25, -0.2) is 4.79 Å². The van der Waals surface area contributed by atoms with E-state index in [2.05, 4.69) is 0 Å². The van der Waals surface area contributed by atoms with Crippen LogP contribution in [0, 0.1) is 5.92 Å². The van der Waals surface area contributed by atoms with Gasteiger partial charge in [0.2, 0.25) is 6.29 Å². The van der Waals surface area contributed by atoms with Crippen molar-refractivity contribution < 1.29 is 40.6 Å². The molecule has 0 radical (unpaired) electrons. The molecule has 11 heteroatoms. The van der Waals surface area contributed by atoms with Crippen molar-refractivity contribution in [2.75, 3.05) is 26.7 Å². The second-order valence-corrected chi connectivity index (χ2v) is 9.46. The first-order valence-corrected chi connectivity index (χ1v) is 12.0. The molecule has 2 heterocycles. The van der Waals surface area contributed by atoms with E-state index in [0.29, 0.717) is 31.8 Å². The van der Waals surface area contributed by atoms with Gasteiger partial charge in [-0.3, -0.25) is 0 Å². The number of rotatable bonds is 6. The third-order valence-electron chi connectivity index (χ3n) is 6.82. The summed E-state index contributed by atoms with van der Waals surface area (Å²) in [5.41, 5.74) is -1.57. The fourth-order valence-electron chi connectivity index (χ4n) is 4.78. The zero-order valence-corrected chi connectivity index (χ0v) is 20.4.